The number of nitrogens with zero attached hydrogens (tertiary/aromatic N) is 2. The van der Waals surface area contributed by atoms with Crippen LogP contribution in [-0.2, 0) is 11.3 Å². The van der Waals surface area contributed by atoms with Gasteiger partial charge in [-0.3, -0.25) is 4.79 Å². The van der Waals surface area contributed by atoms with E-state index in [0.717, 1.165) is 12.8 Å². The van der Waals surface area contributed by atoms with Crippen LogP contribution in [0.1, 0.15) is 28.8 Å². The van der Waals surface area contributed by atoms with Crippen LogP contribution in [0.15, 0.2) is 41.5 Å². The number of hydrogen-bond donors (Lipinski definition) is 1. The Hall–Kier alpha value is -2.91. The summed E-state index contributed by atoms with van der Waals surface area (Å²) in [4.78, 5) is 24.0. The van der Waals surface area contributed by atoms with Crippen LogP contribution >= 0.6 is 0 Å². The molecule has 0 spiro atoms. The minimum absolute atomic E-state index is 0.242. The Balaban J connectivity index is 2.02. The summed E-state index contributed by atoms with van der Waals surface area (Å²) in [6, 6.07) is 8.59. The molecule has 0 unspecified atom stereocenters. The molecule has 1 aliphatic rings. The monoisotopic (exact) mass is 338 g/mol. The first-order valence-electron chi connectivity index (χ1n) is 8.14. The summed E-state index contributed by atoms with van der Waals surface area (Å²) in [6.07, 6.45) is 4.94. The molecule has 0 aliphatic carbocycles. The fraction of sp³-hybridized carbons (Fsp3) is 0.316. The number of carbonyl (C=O) groups is 1. The van der Waals surface area contributed by atoms with Crippen molar-refractivity contribution in [2.24, 2.45) is 5.92 Å². The summed E-state index contributed by atoms with van der Waals surface area (Å²) in [6.45, 7) is 2.06. The standard InChI is InChI=1S/C19H18N2O4/c20-9-13-1-3-15(4-2-13)16-11-21(10-14-5-7-25-8-6-14)12-17(18(16)22)19(23)24/h1-4,11-12,14H,5-8,10H2,(H,23,24). The van der Waals surface area contributed by atoms with Crippen LogP contribution in [0.4, 0.5) is 0 Å². The highest BCUT2D eigenvalue weighted by Gasteiger charge is 2.18. The molecule has 6 heteroatoms. The maximum Gasteiger partial charge on any atom is 0.341 e. The Morgan fingerprint density at radius 1 is 1.24 bits per heavy atom. The van der Waals surface area contributed by atoms with Crippen LogP contribution in [0.25, 0.3) is 11.1 Å². The average Bonchev–Trinajstić information content (AvgIpc) is 2.64. The van der Waals surface area contributed by atoms with Crippen molar-refractivity contribution in [1.29, 1.82) is 5.26 Å². The zero-order valence-corrected chi connectivity index (χ0v) is 13.6. The highest BCUT2D eigenvalue weighted by atomic mass is 16.5. The lowest BCUT2D eigenvalue weighted by molar-refractivity contribution is 0.0609. The number of pyridine rings is 1. The first-order valence-corrected chi connectivity index (χ1v) is 8.14. The number of aromatic carboxylic acids is 1. The summed E-state index contributed by atoms with van der Waals surface area (Å²) in [5.41, 5.74) is 0.666. The van der Waals surface area contributed by atoms with Crippen LogP contribution in [0.5, 0.6) is 0 Å². The van der Waals surface area contributed by atoms with Gasteiger partial charge in [0.1, 0.15) is 5.56 Å². The first kappa shape index (κ1) is 16.9. The fourth-order valence-electron chi connectivity index (χ4n) is 3.05. The largest absolute Gasteiger partial charge is 0.477 e. The van der Waals surface area contributed by atoms with Gasteiger partial charge in [0.15, 0.2) is 0 Å². The van der Waals surface area contributed by atoms with E-state index in [0.29, 0.717) is 42.4 Å². The van der Waals surface area contributed by atoms with E-state index >= 15 is 0 Å². The molecule has 1 aromatic heterocycles. The lowest BCUT2D eigenvalue weighted by Gasteiger charge is -2.23. The number of carboxylic acids is 1. The molecule has 1 fully saturated rings. The molecule has 0 radical (unpaired) electrons. The molecular formula is C19H18N2O4. The Bertz CT molecular complexity index is 872. The average molecular weight is 338 g/mol. The smallest absolute Gasteiger partial charge is 0.341 e. The van der Waals surface area contributed by atoms with Gasteiger partial charge >= 0.3 is 5.97 Å². The molecule has 1 saturated heterocycles. The minimum Gasteiger partial charge on any atom is -0.477 e. The van der Waals surface area contributed by atoms with Gasteiger partial charge in [-0.05, 0) is 36.5 Å². The lowest BCUT2D eigenvalue weighted by atomic mass is 9.99. The quantitative estimate of drug-likeness (QED) is 0.925. The molecule has 2 aromatic rings. The number of hydrogen-bond acceptors (Lipinski definition) is 4. The molecule has 1 aromatic carbocycles. The van der Waals surface area contributed by atoms with Crippen molar-refractivity contribution in [2.45, 2.75) is 19.4 Å². The zero-order chi connectivity index (χ0) is 17.8. The molecule has 128 valence electrons. The Morgan fingerprint density at radius 3 is 2.52 bits per heavy atom. The van der Waals surface area contributed by atoms with Gasteiger partial charge in [-0.2, -0.15) is 5.26 Å². The number of aromatic nitrogens is 1. The molecule has 2 heterocycles. The van der Waals surface area contributed by atoms with E-state index in [1.807, 2.05) is 6.07 Å². The lowest BCUT2D eigenvalue weighted by Crippen LogP contribution is -2.24. The van der Waals surface area contributed by atoms with Gasteiger partial charge in [-0.1, -0.05) is 12.1 Å². The molecule has 0 atom stereocenters. The molecule has 0 saturated carbocycles. The normalized spacial score (nSPS) is 14.8. The predicted molar refractivity (Wildman–Crippen MR) is 91.4 cm³/mol. The number of ether oxygens (including phenoxy) is 1. The van der Waals surface area contributed by atoms with E-state index in [2.05, 4.69) is 0 Å². The number of nitriles is 1. The van der Waals surface area contributed by atoms with Crippen LogP contribution in [-0.4, -0.2) is 28.9 Å². The topological polar surface area (TPSA) is 92.3 Å². The number of benzene rings is 1. The third-order valence-electron chi connectivity index (χ3n) is 4.44. The van der Waals surface area contributed by atoms with Crippen molar-refractivity contribution < 1.29 is 14.6 Å². The maximum atomic E-state index is 12.5. The second-order valence-corrected chi connectivity index (χ2v) is 6.16. The van der Waals surface area contributed by atoms with Crippen molar-refractivity contribution in [3.63, 3.8) is 0 Å². The van der Waals surface area contributed by atoms with Gasteiger partial charge in [0.25, 0.3) is 0 Å². The Kier molecular flexibility index (Phi) is 4.96. The van der Waals surface area contributed by atoms with Gasteiger partial charge in [0, 0.05) is 37.7 Å². The molecule has 1 aliphatic heterocycles. The van der Waals surface area contributed by atoms with E-state index in [-0.39, 0.29) is 5.56 Å². The highest BCUT2D eigenvalue weighted by Crippen LogP contribution is 2.20. The van der Waals surface area contributed by atoms with Gasteiger partial charge < -0.3 is 14.4 Å². The molecule has 0 bridgehead atoms. The Morgan fingerprint density at radius 2 is 1.92 bits per heavy atom. The van der Waals surface area contributed by atoms with E-state index in [9.17, 15) is 14.7 Å². The third kappa shape index (κ3) is 3.78. The second kappa shape index (κ2) is 7.32. The SMILES string of the molecule is N#Cc1ccc(-c2cn(CC3CCOCC3)cc(C(=O)O)c2=O)cc1. The summed E-state index contributed by atoms with van der Waals surface area (Å²) in [5.74, 6) is -0.840. The van der Waals surface area contributed by atoms with Gasteiger partial charge in [-0.15, -0.1) is 0 Å². The summed E-state index contributed by atoms with van der Waals surface area (Å²) in [7, 11) is 0. The highest BCUT2D eigenvalue weighted by molar-refractivity contribution is 5.88. The number of carboxylic acid groups (broad SMARTS) is 1. The first-order chi connectivity index (χ1) is 12.1. The van der Waals surface area contributed by atoms with Crippen molar-refractivity contribution in [2.75, 3.05) is 13.2 Å². The van der Waals surface area contributed by atoms with E-state index < -0.39 is 11.4 Å². The minimum atomic E-state index is -1.23. The van der Waals surface area contributed by atoms with Crippen LogP contribution in [0.2, 0.25) is 0 Å². The number of rotatable bonds is 4. The molecule has 0 amide bonds. The van der Waals surface area contributed by atoms with Crippen LogP contribution in [0, 0.1) is 17.2 Å². The van der Waals surface area contributed by atoms with Crippen molar-refractivity contribution in [1.82, 2.24) is 4.57 Å². The fourth-order valence-corrected chi connectivity index (χ4v) is 3.05. The van der Waals surface area contributed by atoms with Crippen molar-refractivity contribution >= 4 is 5.97 Å². The predicted octanol–water partition coefficient (Wildman–Crippen LogP) is 2.51. The summed E-state index contributed by atoms with van der Waals surface area (Å²) in [5, 5.41) is 18.3. The maximum absolute atomic E-state index is 12.5. The molecule has 6 nitrogen and oxygen atoms in total. The van der Waals surface area contributed by atoms with Crippen LogP contribution < -0.4 is 5.43 Å². The van der Waals surface area contributed by atoms with Crippen molar-refractivity contribution in [3.05, 3.63) is 58.0 Å². The van der Waals surface area contributed by atoms with E-state index in [1.54, 1.807) is 35.0 Å². The van der Waals surface area contributed by atoms with E-state index in [1.165, 1.54) is 6.20 Å². The van der Waals surface area contributed by atoms with E-state index in [4.69, 9.17) is 10.00 Å². The molecule has 3 rings (SSSR count). The second-order valence-electron chi connectivity index (χ2n) is 6.16. The zero-order valence-electron chi connectivity index (χ0n) is 13.6. The summed E-state index contributed by atoms with van der Waals surface area (Å²) >= 11 is 0. The van der Waals surface area contributed by atoms with Crippen molar-refractivity contribution in [3.8, 4) is 17.2 Å². The molecule has 25 heavy (non-hydrogen) atoms. The molecule has 1 N–H and O–H groups in total. The Labute approximate surface area is 144 Å². The van der Waals surface area contributed by atoms with Crippen LogP contribution in [0.3, 0.4) is 0 Å². The molecular weight excluding hydrogens is 320 g/mol. The third-order valence-corrected chi connectivity index (χ3v) is 4.44. The van der Waals surface area contributed by atoms with Gasteiger partial charge in [0.05, 0.1) is 11.6 Å². The van der Waals surface area contributed by atoms with Gasteiger partial charge in [-0.25, -0.2) is 4.79 Å². The summed E-state index contributed by atoms with van der Waals surface area (Å²) < 4.78 is 7.14. The van der Waals surface area contributed by atoms with Gasteiger partial charge in [0.2, 0.25) is 5.43 Å².